The number of amides is 1. The molecule has 0 aromatic heterocycles. The number of aryl methyl sites for hydroxylation is 1. The molecule has 1 amide bonds. The lowest BCUT2D eigenvalue weighted by Crippen LogP contribution is -2.39. The maximum Gasteiger partial charge on any atom is 0.238 e. The van der Waals surface area contributed by atoms with Crippen LogP contribution >= 0.6 is 0 Å². The minimum Gasteiger partial charge on any atom is -0.352 e. The first kappa shape index (κ1) is 14.1. The Morgan fingerprint density at radius 2 is 2.00 bits per heavy atom. The average molecular weight is 281 g/mol. The predicted molar refractivity (Wildman–Crippen MR) is 74.4 cm³/mol. The molecule has 104 valence electrons. The first-order valence-corrected chi connectivity index (χ1v) is 8.18. The van der Waals surface area contributed by atoms with Gasteiger partial charge in [-0.1, -0.05) is 24.3 Å². The largest absolute Gasteiger partial charge is 0.352 e. The second-order valence-electron chi connectivity index (χ2n) is 5.16. The van der Waals surface area contributed by atoms with Gasteiger partial charge in [-0.2, -0.15) is 0 Å². The van der Waals surface area contributed by atoms with E-state index in [1.807, 2.05) is 25.1 Å². The van der Waals surface area contributed by atoms with E-state index in [-0.39, 0.29) is 17.7 Å². The third kappa shape index (κ3) is 3.56. The Bertz CT molecular complexity index is 576. The summed E-state index contributed by atoms with van der Waals surface area (Å²) in [4.78, 5) is 11.8. The molecule has 0 radical (unpaired) electrons. The molecule has 4 nitrogen and oxygen atoms in total. The van der Waals surface area contributed by atoms with E-state index >= 15 is 0 Å². The predicted octanol–water partition coefficient (Wildman–Crippen LogP) is 1.58. The van der Waals surface area contributed by atoms with Gasteiger partial charge in [0.05, 0.1) is 5.75 Å². The third-order valence-corrected chi connectivity index (χ3v) is 5.45. The van der Waals surface area contributed by atoms with Crippen molar-refractivity contribution in [2.45, 2.75) is 43.7 Å². The van der Waals surface area contributed by atoms with E-state index < -0.39 is 15.1 Å². The van der Waals surface area contributed by atoms with Crippen LogP contribution in [0.4, 0.5) is 0 Å². The number of benzene rings is 1. The van der Waals surface area contributed by atoms with Crippen LogP contribution in [-0.2, 0) is 20.4 Å². The minimum atomic E-state index is -3.46. The highest BCUT2D eigenvalue weighted by atomic mass is 32.2. The van der Waals surface area contributed by atoms with Crippen molar-refractivity contribution >= 4 is 15.7 Å². The number of sulfone groups is 1. The van der Waals surface area contributed by atoms with Gasteiger partial charge in [0.1, 0.15) is 5.25 Å². The first-order valence-electron chi connectivity index (χ1n) is 6.46. The van der Waals surface area contributed by atoms with Gasteiger partial charge in [-0.05, 0) is 37.8 Å². The van der Waals surface area contributed by atoms with Gasteiger partial charge in [-0.15, -0.1) is 0 Å². The highest BCUT2D eigenvalue weighted by Gasteiger charge is 2.32. The van der Waals surface area contributed by atoms with Crippen LogP contribution in [0.1, 0.15) is 30.9 Å². The van der Waals surface area contributed by atoms with Crippen LogP contribution in [-0.4, -0.2) is 25.6 Å². The number of hydrogen-bond acceptors (Lipinski definition) is 3. The van der Waals surface area contributed by atoms with Crippen molar-refractivity contribution in [2.75, 3.05) is 0 Å². The molecule has 1 saturated carbocycles. The maximum atomic E-state index is 12.2. The van der Waals surface area contributed by atoms with Crippen molar-refractivity contribution in [1.29, 1.82) is 0 Å². The van der Waals surface area contributed by atoms with E-state index in [0.717, 1.165) is 24.0 Å². The monoisotopic (exact) mass is 281 g/mol. The Balaban J connectivity index is 2.08. The summed E-state index contributed by atoms with van der Waals surface area (Å²) < 4.78 is 24.5. The van der Waals surface area contributed by atoms with Crippen molar-refractivity contribution in [3.63, 3.8) is 0 Å². The molecule has 2 rings (SSSR count). The van der Waals surface area contributed by atoms with Gasteiger partial charge >= 0.3 is 0 Å². The van der Waals surface area contributed by atoms with Gasteiger partial charge in [-0.25, -0.2) is 8.42 Å². The van der Waals surface area contributed by atoms with Crippen LogP contribution in [0.5, 0.6) is 0 Å². The van der Waals surface area contributed by atoms with Crippen LogP contribution in [0.15, 0.2) is 24.3 Å². The highest BCUT2D eigenvalue weighted by Crippen LogP contribution is 2.20. The molecular weight excluding hydrogens is 262 g/mol. The van der Waals surface area contributed by atoms with Crippen molar-refractivity contribution in [3.05, 3.63) is 35.4 Å². The second kappa shape index (κ2) is 5.33. The van der Waals surface area contributed by atoms with Gasteiger partial charge in [0.25, 0.3) is 0 Å². The summed E-state index contributed by atoms with van der Waals surface area (Å²) in [6.07, 6.45) is 1.91. The first-order chi connectivity index (χ1) is 8.90. The molecule has 19 heavy (non-hydrogen) atoms. The zero-order valence-corrected chi connectivity index (χ0v) is 12.0. The van der Waals surface area contributed by atoms with Gasteiger partial charge in [0.15, 0.2) is 9.84 Å². The number of carbonyl (C=O) groups excluding carboxylic acids is 1. The van der Waals surface area contributed by atoms with E-state index in [4.69, 9.17) is 0 Å². The molecule has 1 aliphatic rings. The summed E-state index contributed by atoms with van der Waals surface area (Å²) in [6, 6.07) is 7.53. The lowest BCUT2D eigenvalue weighted by molar-refractivity contribution is -0.120. The summed E-state index contributed by atoms with van der Waals surface area (Å²) in [5, 5.41) is 1.75. The van der Waals surface area contributed by atoms with Gasteiger partial charge in [-0.3, -0.25) is 4.79 Å². The van der Waals surface area contributed by atoms with Crippen molar-refractivity contribution in [3.8, 4) is 0 Å². The molecule has 0 unspecified atom stereocenters. The van der Waals surface area contributed by atoms with E-state index in [1.54, 1.807) is 6.07 Å². The molecule has 1 atom stereocenters. The number of rotatable bonds is 5. The number of nitrogens with one attached hydrogen (secondary N) is 1. The van der Waals surface area contributed by atoms with Gasteiger partial charge < -0.3 is 5.32 Å². The molecule has 1 aromatic rings. The lowest BCUT2D eigenvalue weighted by Gasteiger charge is -2.14. The Labute approximate surface area is 114 Å². The maximum absolute atomic E-state index is 12.2. The normalized spacial score (nSPS) is 16.9. The standard InChI is InChI=1S/C14H19NO3S/c1-10-5-3-4-6-12(10)9-19(17,18)11(2)14(16)15-13-7-8-13/h3-6,11,13H,7-9H2,1-2H3,(H,15,16)/t11-/m1/s1. The Kier molecular flexibility index (Phi) is 3.94. The van der Waals surface area contributed by atoms with Crippen molar-refractivity contribution in [2.24, 2.45) is 0 Å². The molecule has 0 bridgehead atoms. The SMILES string of the molecule is Cc1ccccc1CS(=O)(=O)[C@H](C)C(=O)NC1CC1. The number of carbonyl (C=O) groups is 1. The zero-order chi connectivity index (χ0) is 14.0. The van der Waals surface area contributed by atoms with Crippen LogP contribution in [0.3, 0.4) is 0 Å². The fourth-order valence-corrected chi connectivity index (χ4v) is 3.22. The molecule has 1 N–H and O–H groups in total. The Morgan fingerprint density at radius 3 is 2.58 bits per heavy atom. The zero-order valence-electron chi connectivity index (χ0n) is 11.2. The molecule has 1 aromatic carbocycles. The highest BCUT2D eigenvalue weighted by molar-refractivity contribution is 7.92. The molecular formula is C14H19NO3S. The Hall–Kier alpha value is -1.36. The second-order valence-corrected chi connectivity index (χ2v) is 7.48. The summed E-state index contributed by atoms with van der Waals surface area (Å²) in [7, 11) is -3.46. The minimum absolute atomic E-state index is 0.0844. The molecule has 0 heterocycles. The summed E-state index contributed by atoms with van der Waals surface area (Å²) in [5.74, 6) is -0.463. The lowest BCUT2D eigenvalue weighted by atomic mass is 10.1. The molecule has 1 aliphatic carbocycles. The van der Waals surface area contributed by atoms with Crippen LogP contribution in [0.2, 0.25) is 0 Å². The topological polar surface area (TPSA) is 63.2 Å². The van der Waals surface area contributed by atoms with Crippen LogP contribution in [0.25, 0.3) is 0 Å². The molecule has 0 saturated heterocycles. The average Bonchev–Trinajstić information content (AvgIpc) is 3.14. The van der Waals surface area contributed by atoms with Gasteiger partial charge in [0, 0.05) is 6.04 Å². The van der Waals surface area contributed by atoms with E-state index in [1.165, 1.54) is 6.92 Å². The smallest absolute Gasteiger partial charge is 0.238 e. The van der Waals surface area contributed by atoms with Crippen LogP contribution in [0, 0.1) is 6.92 Å². The summed E-state index contributed by atoms with van der Waals surface area (Å²) >= 11 is 0. The third-order valence-electron chi connectivity index (χ3n) is 3.45. The number of hydrogen-bond donors (Lipinski definition) is 1. The quantitative estimate of drug-likeness (QED) is 0.891. The summed E-state index contributed by atoms with van der Waals surface area (Å²) in [5.41, 5.74) is 1.69. The molecule has 5 heteroatoms. The molecule has 1 fully saturated rings. The van der Waals surface area contributed by atoms with Crippen molar-refractivity contribution < 1.29 is 13.2 Å². The van der Waals surface area contributed by atoms with Gasteiger partial charge in [0.2, 0.25) is 5.91 Å². The van der Waals surface area contributed by atoms with Crippen LogP contribution < -0.4 is 5.32 Å². The fraction of sp³-hybridized carbons (Fsp3) is 0.500. The van der Waals surface area contributed by atoms with E-state index in [9.17, 15) is 13.2 Å². The van der Waals surface area contributed by atoms with E-state index in [2.05, 4.69) is 5.32 Å². The summed E-state index contributed by atoms with van der Waals surface area (Å²) in [6.45, 7) is 3.34. The fourth-order valence-electron chi connectivity index (χ4n) is 1.82. The Morgan fingerprint density at radius 1 is 1.37 bits per heavy atom. The molecule has 0 aliphatic heterocycles. The van der Waals surface area contributed by atoms with Crippen molar-refractivity contribution in [1.82, 2.24) is 5.32 Å². The van der Waals surface area contributed by atoms with E-state index in [0.29, 0.717) is 0 Å². The molecule has 0 spiro atoms.